The van der Waals surface area contributed by atoms with Crippen LogP contribution in [0.4, 0.5) is 4.79 Å². The first-order valence-corrected chi connectivity index (χ1v) is 9.23. The molecule has 1 amide bonds. The molecular weight excluding hydrogens is 316 g/mol. The lowest BCUT2D eigenvalue weighted by Crippen LogP contribution is -2.51. The fourth-order valence-corrected chi connectivity index (χ4v) is 3.74. The van der Waals surface area contributed by atoms with Gasteiger partial charge in [-0.05, 0) is 63.3 Å². The number of benzene rings is 1. The van der Waals surface area contributed by atoms with E-state index in [-0.39, 0.29) is 6.09 Å². The van der Waals surface area contributed by atoms with Gasteiger partial charge in [-0.3, -0.25) is 4.90 Å². The summed E-state index contributed by atoms with van der Waals surface area (Å²) in [6, 6.07) is 6.77. The van der Waals surface area contributed by atoms with Crippen LogP contribution in [-0.2, 0) is 17.7 Å². The van der Waals surface area contributed by atoms with E-state index in [1.165, 1.54) is 11.1 Å². The van der Waals surface area contributed by atoms with Gasteiger partial charge in [0.2, 0.25) is 0 Å². The van der Waals surface area contributed by atoms with Crippen LogP contribution in [0.3, 0.4) is 0 Å². The summed E-state index contributed by atoms with van der Waals surface area (Å²) in [7, 11) is 1.71. The summed E-state index contributed by atoms with van der Waals surface area (Å²) < 4.78 is 10.9. The van der Waals surface area contributed by atoms with Crippen LogP contribution in [0.1, 0.15) is 44.7 Å². The molecule has 1 aromatic rings. The van der Waals surface area contributed by atoms with Crippen LogP contribution < -0.4 is 4.74 Å². The molecule has 1 fully saturated rings. The summed E-state index contributed by atoms with van der Waals surface area (Å²) >= 11 is 0. The minimum atomic E-state index is -0.440. The van der Waals surface area contributed by atoms with E-state index in [2.05, 4.69) is 17.0 Å². The third kappa shape index (κ3) is 4.46. The van der Waals surface area contributed by atoms with Crippen LogP contribution in [0.25, 0.3) is 0 Å². The largest absolute Gasteiger partial charge is 0.497 e. The Kier molecular flexibility index (Phi) is 5.23. The van der Waals surface area contributed by atoms with Crippen molar-refractivity contribution >= 4 is 6.09 Å². The summed E-state index contributed by atoms with van der Waals surface area (Å²) in [5.41, 5.74) is 2.32. The molecule has 0 N–H and O–H groups in total. The molecule has 3 rings (SSSR count). The fourth-order valence-electron chi connectivity index (χ4n) is 3.74. The Morgan fingerprint density at radius 2 is 2.00 bits per heavy atom. The number of amides is 1. The fraction of sp³-hybridized carbons (Fsp3) is 0.650. The molecule has 0 saturated carbocycles. The van der Waals surface area contributed by atoms with E-state index in [0.29, 0.717) is 6.04 Å². The van der Waals surface area contributed by atoms with Crippen molar-refractivity contribution in [2.24, 2.45) is 0 Å². The van der Waals surface area contributed by atoms with Crippen molar-refractivity contribution in [3.05, 3.63) is 29.3 Å². The van der Waals surface area contributed by atoms with E-state index in [4.69, 9.17) is 9.47 Å². The van der Waals surface area contributed by atoms with Gasteiger partial charge in [-0.2, -0.15) is 0 Å². The number of ether oxygens (including phenoxy) is 2. The predicted molar refractivity (Wildman–Crippen MR) is 97.9 cm³/mol. The van der Waals surface area contributed by atoms with Crippen molar-refractivity contribution in [2.75, 3.05) is 26.7 Å². The standard InChI is InChI=1S/C20H30N2O3/c1-20(2,3)25-19(23)22-10-5-6-17(14-22)21-11-9-15-7-8-18(24-4)12-16(15)13-21/h7-8,12,17H,5-6,9-11,13-14H2,1-4H3. The van der Waals surface area contributed by atoms with E-state index in [9.17, 15) is 4.79 Å². The van der Waals surface area contributed by atoms with Crippen molar-refractivity contribution < 1.29 is 14.3 Å². The first kappa shape index (κ1) is 18.1. The van der Waals surface area contributed by atoms with Crippen LogP contribution in [0.15, 0.2) is 18.2 Å². The zero-order valence-electron chi connectivity index (χ0n) is 15.9. The lowest BCUT2D eigenvalue weighted by Gasteiger charge is -2.41. The lowest BCUT2D eigenvalue weighted by molar-refractivity contribution is 0.00927. The number of fused-ring (bicyclic) bond motifs is 1. The maximum Gasteiger partial charge on any atom is 0.410 e. The third-order valence-electron chi connectivity index (χ3n) is 5.02. The zero-order chi connectivity index (χ0) is 18.0. The quantitative estimate of drug-likeness (QED) is 0.822. The minimum absolute atomic E-state index is 0.184. The first-order chi connectivity index (χ1) is 11.9. The van der Waals surface area contributed by atoms with Gasteiger partial charge in [0, 0.05) is 32.2 Å². The van der Waals surface area contributed by atoms with Gasteiger partial charge < -0.3 is 14.4 Å². The molecule has 2 heterocycles. The molecule has 0 aromatic heterocycles. The van der Waals surface area contributed by atoms with Crippen molar-refractivity contribution in [2.45, 2.75) is 58.2 Å². The van der Waals surface area contributed by atoms with Gasteiger partial charge in [-0.25, -0.2) is 4.79 Å². The Balaban J connectivity index is 1.65. The molecule has 1 aromatic carbocycles. The van der Waals surface area contributed by atoms with Gasteiger partial charge in [-0.1, -0.05) is 6.07 Å². The van der Waals surface area contributed by atoms with Crippen molar-refractivity contribution in [1.82, 2.24) is 9.80 Å². The molecule has 1 unspecified atom stereocenters. The first-order valence-electron chi connectivity index (χ1n) is 9.23. The molecule has 5 heteroatoms. The molecule has 0 radical (unpaired) electrons. The Labute approximate surface area is 150 Å². The number of piperidine rings is 1. The van der Waals surface area contributed by atoms with Gasteiger partial charge in [0.1, 0.15) is 11.4 Å². The van der Waals surface area contributed by atoms with Crippen LogP contribution >= 0.6 is 0 Å². The molecule has 0 spiro atoms. The average Bonchev–Trinajstić information content (AvgIpc) is 2.59. The topological polar surface area (TPSA) is 42.0 Å². The van der Waals surface area contributed by atoms with Gasteiger partial charge in [0.05, 0.1) is 7.11 Å². The van der Waals surface area contributed by atoms with E-state index in [1.807, 2.05) is 31.7 Å². The van der Waals surface area contributed by atoms with Crippen molar-refractivity contribution in [3.8, 4) is 5.75 Å². The molecule has 1 atom stereocenters. The highest BCUT2D eigenvalue weighted by atomic mass is 16.6. The summed E-state index contributed by atoms with van der Waals surface area (Å²) in [6.45, 7) is 9.28. The maximum absolute atomic E-state index is 12.4. The van der Waals surface area contributed by atoms with Gasteiger partial charge in [0.25, 0.3) is 0 Å². The van der Waals surface area contributed by atoms with E-state index >= 15 is 0 Å². The normalized spacial score (nSPS) is 21.6. The molecule has 1 saturated heterocycles. The Bertz CT molecular complexity index is 624. The second-order valence-electron chi connectivity index (χ2n) is 8.08. The molecule has 2 aliphatic heterocycles. The molecule has 0 bridgehead atoms. The number of carbonyl (C=O) groups is 1. The molecule has 5 nitrogen and oxygen atoms in total. The Morgan fingerprint density at radius 3 is 2.72 bits per heavy atom. The van der Waals surface area contributed by atoms with Crippen LogP contribution in [0.5, 0.6) is 5.75 Å². The second kappa shape index (κ2) is 7.24. The second-order valence-corrected chi connectivity index (χ2v) is 8.08. The number of likely N-dealkylation sites (tertiary alicyclic amines) is 1. The summed E-state index contributed by atoms with van der Waals surface area (Å²) in [5.74, 6) is 0.916. The smallest absolute Gasteiger partial charge is 0.410 e. The summed E-state index contributed by atoms with van der Waals surface area (Å²) in [5, 5.41) is 0. The number of methoxy groups -OCH3 is 1. The van der Waals surface area contributed by atoms with Gasteiger partial charge in [0.15, 0.2) is 0 Å². The van der Waals surface area contributed by atoms with Crippen LogP contribution in [-0.4, -0.2) is 54.3 Å². The van der Waals surface area contributed by atoms with E-state index < -0.39 is 5.60 Å². The van der Waals surface area contributed by atoms with Crippen LogP contribution in [0, 0.1) is 0 Å². The number of hydrogen-bond donors (Lipinski definition) is 0. The Hall–Kier alpha value is -1.75. The SMILES string of the molecule is COc1ccc2c(c1)CN(C1CCCN(C(=O)OC(C)(C)C)C1)CC2. The molecule has 0 aliphatic carbocycles. The number of rotatable bonds is 2. The van der Waals surface area contributed by atoms with Gasteiger partial charge >= 0.3 is 6.09 Å². The van der Waals surface area contributed by atoms with E-state index in [1.54, 1.807) is 7.11 Å². The number of nitrogens with zero attached hydrogens (tertiary/aromatic N) is 2. The zero-order valence-corrected chi connectivity index (χ0v) is 15.9. The maximum atomic E-state index is 12.4. The highest BCUT2D eigenvalue weighted by Crippen LogP contribution is 2.27. The highest BCUT2D eigenvalue weighted by Gasteiger charge is 2.31. The lowest BCUT2D eigenvalue weighted by atomic mass is 9.96. The minimum Gasteiger partial charge on any atom is -0.497 e. The third-order valence-corrected chi connectivity index (χ3v) is 5.02. The monoisotopic (exact) mass is 346 g/mol. The van der Waals surface area contributed by atoms with E-state index in [0.717, 1.165) is 51.2 Å². The van der Waals surface area contributed by atoms with Crippen molar-refractivity contribution in [1.29, 1.82) is 0 Å². The van der Waals surface area contributed by atoms with Crippen molar-refractivity contribution in [3.63, 3.8) is 0 Å². The summed E-state index contributed by atoms with van der Waals surface area (Å²) in [4.78, 5) is 16.8. The summed E-state index contributed by atoms with van der Waals surface area (Å²) in [6.07, 6.45) is 3.04. The molecule has 138 valence electrons. The predicted octanol–water partition coefficient (Wildman–Crippen LogP) is 3.45. The highest BCUT2D eigenvalue weighted by molar-refractivity contribution is 5.68. The van der Waals surface area contributed by atoms with Crippen LogP contribution in [0.2, 0.25) is 0 Å². The molecular formula is C20H30N2O3. The number of carbonyl (C=O) groups excluding carboxylic acids is 1. The number of hydrogen-bond acceptors (Lipinski definition) is 4. The molecule has 2 aliphatic rings. The van der Waals surface area contributed by atoms with Gasteiger partial charge in [-0.15, -0.1) is 0 Å². The average molecular weight is 346 g/mol. The molecule has 25 heavy (non-hydrogen) atoms. The Morgan fingerprint density at radius 1 is 1.20 bits per heavy atom.